The molecule has 1 aromatic heterocycles. The van der Waals surface area contributed by atoms with Crippen LogP contribution in [0.1, 0.15) is 30.6 Å². The van der Waals surface area contributed by atoms with Gasteiger partial charge in [-0.25, -0.2) is 8.42 Å². The van der Waals surface area contributed by atoms with Gasteiger partial charge in [-0.15, -0.1) is 0 Å². The number of carbonyl (C=O) groups is 1. The molecular formula is C10H16N2O3S. The van der Waals surface area contributed by atoms with Gasteiger partial charge in [0.1, 0.15) is 9.84 Å². The van der Waals surface area contributed by atoms with Crippen LogP contribution in [0.3, 0.4) is 0 Å². The first-order chi connectivity index (χ1) is 7.44. The molecule has 0 bridgehead atoms. The van der Waals surface area contributed by atoms with E-state index >= 15 is 0 Å². The van der Waals surface area contributed by atoms with Gasteiger partial charge >= 0.3 is 0 Å². The summed E-state index contributed by atoms with van der Waals surface area (Å²) in [5.41, 5.74) is 0.554. The minimum atomic E-state index is -2.91. The number of carbonyl (C=O) groups excluding carboxylic acids is 1. The normalized spacial score (nSPS) is 11.6. The van der Waals surface area contributed by atoms with Gasteiger partial charge in [0, 0.05) is 18.5 Å². The van der Waals surface area contributed by atoms with Crippen LogP contribution in [-0.4, -0.2) is 35.5 Å². The van der Waals surface area contributed by atoms with Crippen molar-refractivity contribution in [1.82, 2.24) is 9.78 Å². The number of ketones is 1. The summed E-state index contributed by atoms with van der Waals surface area (Å²) >= 11 is 0. The monoisotopic (exact) mass is 244 g/mol. The second-order valence-electron chi connectivity index (χ2n) is 3.64. The molecule has 0 aliphatic carbocycles. The maximum atomic E-state index is 11.2. The number of hydrogen-bond donors (Lipinski definition) is 0. The Morgan fingerprint density at radius 3 is 2.69 bits per heavy atom. The Morgan fingerprint density at radius 1 is 1.50 bits per heavy atom. The molecule has 0 aliphatic heterocycles. The Kier molecular flexibility index (Phi) is 4.23. The Morgan fingerprint density at radius 2 is 2.19 bits per heavy atom. The van der Waals surface area contributed by atoms with Gasteiger partial charge in [-0.1, -0.05) is 6.92 Å². The maximum absolute atomic E-state index is 11.2. The first-order valence-corrected chi connectivity index (χ1v) is 7.00. The number of rotatable bonds is 6. The van der Waals surface area contributed by atoms with Gasteiger partial charge in [0.25, 0.3) is 0 Å². The minimum absolute atomic E-state index is 0.0348. The highest BCUT2D eigenvalue weighted by molar-refractivity contribution is 7.91. The lowest BCUT2D eigenvalue weighted by atomic mass is 10.3. The van der Waals surface area contributed by atoms with Gasteiger partial charge in [-0.3, -0.25) is 9.48 Å². The van der Waals surface area contributed by atoms with Crippen LogP contribution in [0.25, 0.3) is 0 Å². The number of aryl methyl sites for hydroxylation is 1. The molecule has 0 saturated carbocycles. The molecule has 1 aromatic rings. The molecule has 6 heteroatoms. The molecule has 5 nitrogen and oxygen atoms in total. The van der Waals surface area contributed by atoms with Crippen molar-refractivity contribution in [3.8, 4) is 0 Å². The summed E-state index contributed by atoms with van der Waals surface area (Å²) in [6.07, 6.45) is 3.66. The zero-order chi connectivity index (χ0) is 12.2. The van der Waals surface area contributed by atoms with Gasteiger partial charge in [0.05, 0.1) is 17.5 Å². The summed E-state index contributed by atoms with van der Waals surface area (Å²) in [4.78, 5) is 11.0. The fourth-order valence-electron chi connectivity index (χ4n) is 1.26. The summed E-state index contributed by atoms with van der Waals surface area (Å²) in [7, 11) is -2.91. The SMILES string of the molecule is CCS(=O)(=O)CCCn1cc(C(C)=O)cn1. The van der Waals surface area contributed by atoms with Gasteiger partial charge in [0.2, 0.25) is 0 Å². The average molecular weight is 244 g/mol. The van der Waals surface area contributed by atoms with Crippen molar-refractivity contribution in [2.45, 2.75) is 26.8 Å². The van der Waals surface area contributed by atoms with Crippen LogP contribution in [0.15, 0.2) is 12.4 Å². The van der Waals surface area contributed by atoms with E-state index in [4.69, 9.17) is 0 Å². The number of Topliss-reactive ketones (excluding diaryl/α,β-unsaturated/α-hetero) is 1. The molecular weight excluding hydrogens is 228 g/mol. The minimum Gasteiger partial charge on any atom is -0.294 e. The lowest BCUT2D eigenvalue weighted by Gasteiger charge is -2.01. The van der Waals surface area contributed by atoms with E-state index in [0.717, 1.165) is 0 Å². The van der Waals surface area contributed by atoms with Crippen molar-refractivity contribution >= 4 is 15.6 Å². The summed E-state index contributed by atoms with van der Waals surface area (Å²) in [6.45, 7) is 3.63. The van der Waals surface area contributed by atoms with Crippen LogP contribution in [-0.2, 0) is 16.4 Å². The molecule has 0 amide bonds. The predicted molar refractivity (Wildman–Crippen MR) is 61.2 cm³/mol. The molecule has 0 N–H and O–H groups in total. The summed E-state index contributed by atoms with van der Waals surface area (Å²) in [5.74, 6) is 0.302. The van der Waals surface area contributed by atoms with E-state index in [1.165, 1.54) is 13.1 Å². The third-order valence-electron chi connectivity index (χ3n) is 2.32. The third kappa shape index (κ3) is 3.77. The molecule has 0 radical (unpaired) electrons. The van der Waals surface area contributed by atoms with Gasteiger partial charge in [-0.2, -0.15) is 5.10 Å². The Hall–Kier alpha value is -1.17. The van der Waals surface area contributed by atoms with E-state index in [1.807, 2.05) is 0 Å². The van der Waals surface area contributed by atoms with E-state index in [2.05, 4.69) is 5.10 Å². The molecule has 90 valence electrons. The van der Waals surface area contributed by atoms with Crippen LogP contribution in [0.4, 0.5) is 0 Å². The molecule has 1 heterocycles. The fourth-order valence-corrected chi connectivity index (χ4v) is 2.12. The largest absolute Gasteiger partial charge is 0.294 e. The van der Waals surface area contributed by atoms with Crippen molar-refractivity contribution in [3.05, 3.63) is 18.0 Å². The number of sulfone groups is 1. The molecule has 0 fully saturated rings. The second-order valence-corrected chi connectivity index (χ2v) is 6.11. The van der Waals surface area contributed by atoms with Crippen LogP contribution in [0.2, 0.25) is 0 Å². The van der Waals surface area contributed by atoms with Crippen LogP contribution in [0, 0.1) is 0 Å². The fraction of sp³-hybridized carbons (Fsp3) is 0.600. The van der Waals surface area contributed by atoms with Gasteiger partial charge in [-0.05, 0) is 13.3 Å². The molecule has 0 aliphatic rings. The van der Waals surface area contributed by atoms with Crippen molar-refractivity contribution in [2.24, 2.45) is 0 Å². The zero-order valence-corrected chi connectivity index (χ0v) is 10.3. The first kappa shape index (κ1) is 12.9. The van der Waals surface area contributed by atoms with E-state index in [-0.39, 0.29) is 17.3 Å². The standard InChI is InChI=1S/C10H16N2O3S/c1-3-16(14,15)6-4-5-12-8-10(7-11-12)9(2)13/h7-8H,3-6H2,1-2H3. The van der Waals surface area contributed by atoms with E-state index in [9.17, 15) is 13.2 Å². The lowest BCUT2D eigenvalue weighted by Crippen LogP contribution is -2.11. The molecule has 0 atom stereocenters. The molecule has 1 rings (SSSR count). The highest BCUT2D eigenvalue weighted by atomic mass is 32.2. The predicted octanol–water partition coefficient (Wildman–Crippen LogP) is 0.911. The smallest absolute Gasteiger partial charge is 0.162 e. The van der Waals surface area contributed by atoms with Crippen LogP contribution >= 0.6 is 0 Å². The van der Waals surface area contributed by atoms with Gasteiger partial charge in [0.15, 0.2) is 5.78 Å². The topological polar surface area (TPSA) is 69.0 Å². The Labute approximate surface area is 95.4 Å². The lowest BCUT2D eigenvalue weighted by molar-refractivity contribution is 0.101. The summed E-state index contributed by atoms with van der Waals surface area (Å²) in [5, 5.41) is 3.98. The second kappa shape index (κ2) is 5.25. The number of hydrogen-bond acceptors (Lipinski definition) is 4. The van der Waals surface area contributed by atoms with Crippen molar-refractivity contribution < 1.29 is 13.2 Å². The van der Waals surface area contributed by atoms with Crippen LogP contribution < -0.4 is 0 Å². The molecule has 0 spiro atoms. The maximum Gasteiger partial charge on any atom is 0.162 e. The van der Waals surface area contributed by atoms with E-state index in [1.54, 1.807) is 17.8 Å². The zero-order valence-electron chi connectivity index (χ0n) is 9.51. The average Bonchev–Trinajstić information content (AvgIpc) is 2.66. The van der Waals surface area contributed by atoms with Crippen molar-refractivity contribution in [2.75, 3.05) is 11.5 Å². The van der Waals surface area contributed by atoms with Crippen molar-refractivity contribution in [1.29, 1.82) is 0 Å². The summed E-state index contributed by atoms with van der Waals surface area (Å²) in [6, 6.07) is 0. The van der Waals surface area contributed by atoms with E-state index < -0.39 is 9.84 Å². The highest BCUT2D eigenvalue weighted by Gasteiger charge is 2.07. The highest BCUT2D eigenvalue weighted by Crippen LogP contribution is 2.01. The summed E-state index contributed by atoms with van der Waals surface area (Å²) < 4.78 is 24.0. The van der Waals surface area contributed by atoms with Gasteiger partial charge < -0.3 is 0 Å². The van der Waals surface area contributed by atoms with E-state index in [0.29, 0.717) is 18.5 Å². The number of nitrogens with zero attached hydrogens (tertiary/aromatic N) is 2. The molecule has 16 heavy (non-hydrogen) atoms. The molecule has 0 unspecified atom stereocenters. The Balaban J connectivity index is 2.46. The Bertz CT molecular complexity index is 462. The third-order valence-corrected chi connectivity index (χ3v) is 4.11. The quantitative estimate of drug-likeness (QED) is 0.697. The number of aromatic nitrogens is 2. The van der Waals surface area contributed by atoms with Crippen molar-refractivity contribution in [3.63, 3.8) is 0 Å². The molecule has 0 aromatic carbocycles. The molecule has 0 saturated heterocycles. The first-order valence-electron chi connectivity index (χ1n) is 5.18. The van der Waals surface area contributed by atoms with Crippen LogP contribution in [0.5, 0.6) is 0 Å².